The summed E-state index contributed by atoms with van der Waals surface area (Å²) < 4.78 is 5.20. The Balaban J connectivity index is 2.66. The predicted molar refractivity (Wildman–Crippen MR) is 80.9 cm³/mol. The van der Waals surface area contributed by atoms with Crippen LogP contribution in [0.4, 0.5) is 4.79 Å². The lowest BCUT2D eigenvalue weighted by molar-refractivity contribution is 0.0523. The highest BCUT2D eigenvalue weighted by molar-refractivity contribution is 7.99. The van der Waals surface area contributed by atoms with Gasteiger partial charge in [0.25, 0.3) is 0 Å². The second-order valence-electron chi connectivity index (χ2n) is 5.04. The minimum absolute atomic E-state index is 0.414. The van der Waals surface area contributed by atoms with Gasteiger partial charge in [0, 0.05) is 16.5 Å². The molecule has 0 saturated heterocycles. The molecular formula is C14H20ClNO2S. The molecule has 0 fully saturated rings. The number of alkyl carbamates (subject to hydrolysis) is 1. The van der Waals surface area contributed by atoms with Crippen molar-refractivity contribution >= 4 is 29.5 Å². The topological polar surface area (TPSA) is 38.3 Å². The SMILES string of the molecule is CCSc1ccc(Cl)cc1CNC(=O)OC(C)(C)C. The van der Waals surface area contributed by atoms with E-state index in [-0.39, 0.29) is 0 Å². The van der Waals surface area contributed by atoms with Crippen molar-refractivity contribution in [1.29, 1.82) is 0 Å². The van der Waals surface area contributed by atoms with Gasteiger partial charge in [0.15, 0.2) is 0 Å². The molecule has 1 rings (SSSR count). The summed E-state index contributed by atoms with van der Waals surface area (Å²) in [5.41, 5.74) is 0.518. The molecule has 0 aliphatic carbocycles. The van der Waals surface area contributed by atoms with Gasteiger partial charge in [-0.15, -0.1) is 11.8 Å². The fourth-order valence-electron chi connectivity index (χ4n) is 1.46. The van der Waals surface area contributed by atoms with E-state index in [2.05, 4.69) is 12.2 Å². The highest BCUT2D eigenvalue weighted by Crippen LogP contribution is 2.25. The standard InChI is InChI=1S/C14H20ClNO2S/c1-5-19-12-7-6-11(15)8-10(12)9-16-13(17)18-14(2,3)4/h6-8H,5,9H2,1-4H3,(H,16,17). The van der Waals surface area contributed by atoms with Crippen molar-refractivity contribution in [3.8, 4) is 0 Å². The van der Waals surface area contributed by atoms with Crippen LogP contribution in [0.2, 0.25) is 5.02 Å². The van der Waals surface area contributed by atoms with Crippen LogP contribution in [0.25, 0.3) is 0 Å². The lowest BCUT2D eigenvalue weighted by Gasteiger charge is -2.20. The first kappa shape index (κ1) is 16.2. The van der Waals surface area contributed by atoms with Crippen LogP contribution in [0.3, 0.4) is 0 Å². The molecule has 0 spiro atoms. The van der Waals surface area contributed by atoms with Crippen LogP contribution in [0.5, 0.6) is 0 Å². The Bertz CT molecular complexity index is 444. The van der Waals surface area contributed by atoms with Gasteiger partial charge in [-0.3, -0.25) is 0 Å². The summed E-state index contributed by atoms with van der Waals surface area (Å²) in [6.07, 6.45) is -0.417. The van der Waals surface area contributed by atoms with Gasteiger partial charge in [-0.1, -0.05) is 18.5 Å². The van der Waals surface area contributed by atoms with Crippen molar-refractivity contribution in [2.75, 3.05) is 5.75 Å². The Kier molecular flexibility index (Phi) is 6.01. The zero-order valence-corrected chi connectivity index (χ0v) is 13.3. The van der Waals surface area contributed by atoms with Gasteiger partial charge < -0.3 is 10.1 Å². The maximum absolute atomic E-state index is 11.6. The number of carbonyl (C=O) groups is 1. The van der Waals surface area contributed by atoms with E-state index in [9.17, 15) is 4.79 Å². The fourth-order valence-corrected chi connectivity index (χ4v) is 2.45. The summed E-state index contributed by atoms with van der Waals surface area (Å²) >= 11 is 7.71. The summed E-state index contributed by atoms with van der Waals surface area (Å²) in [6.45, 7) is 8.02. The molecule has 1 N–H and O–H groups in total. The molecule has 1 amide bonds. The smallest absolute Gasteiger partial charge is 0.407 e. The number of benzene rings is 1. The normalized spacial score (nSPS) is 11.2. The summed E-state index contributed by atoms with van der Waals surface area (Å²) in [4.78, 5) is 12.7. The minimum atomic E-state index is -0.487. The van der Waals surface area contributed by atoms with Gasteiger partial charge in [0.2, 0.25) is 0 Å². The fraction of sp³-hybridized carbons (Fsp3) is 0.500. The largest absolute Gasteiger partial charge is 0.444 e. The van der Waals surface area contributed by atoms with Crippen molar-refractivity contribution in [3.63, 3.8) is 0 Å². The molecule has 0 bridgehead atoms. The van der Waals surface area contributed by atoms with Crippen molar-refractivity contribution in [3.05, 3.63) is 28.8 Å². The maximum Gasteiger partial charge on any atom is 0.407 e. The molecular weight excluding hydrogens is 282 g/mol. The zero-order chi connectivity index (χ0) is 14.5. The Labute approximate surface area is 124 Å². The zero-order valence-electron chi connectivity index (χ0n) is 11.7. The molecule has 0 aromatic heterocycles. The van der Waals surface area contributed by atoms with Crippen LogP contribution in [0.15, 0.2) is 23.1 Å². The molecule has 106 valence electrons. The predicted octanol–water partition coefficient (Wildman–Crippen LogP) is 4.48. The van der Waals surface area contributed by atoms with Crippen LogP contribution in [-0.2, 0) is 11.3 Å². The van der Waals surface area contributed by atoms with E-state index in [0.717, 1.165) is 16.2 Å². The lowest BCUT2D eigenvalue weighted by atomic mass is 10.2. The highest BCUT2D eigenvalue weighted by atomic mass is 35.5. The van der Waals surface area contributed by atoms with E-state index in [1.54, 1.807) is 11.8 Å². The average Bonchev–Trinajstić information content (AvgIpc) is 2.27. The quantitative estimate of drug-likeness (QED) is 0.834. The van der Waals surface area contributed by atoms with Crippen LogP contribution in [0.1, 0.15) is 33.3 Å². The first-order valence-electron chi connectivity index (χ1n) is 6.20. The molecule has 19 heavy (non-hydrogen) atoms. The Morgan fingerprint density at radius 2 is 2.11 bits per heavy atom. The molecule has 0 aliphatic heterocycles. The molecule has 0 unspecified atom stereocenters. The van der Waals surface area contributed by atoms with Crippen LogP contribution >= 0.6 is 23.4 Å². The van der Waals surface area contributed by atoms with Crippen LogP contribution in [-0.4, -0.2) is 17.4 Å². The molecule has 1 aromatic carbocycles. The summed E-state index contributed by atoms with van der Waals surface area (Å²) in [7, 11) is 0. The lowest BCUT2D eigenvalue weighted by Crippen LogP contribution is -2.32. The van der Waals surface area contributed by atoms with Gasteiger partial charge in [-0.05, 0) is 50.3 Å². The van der Waals surface area contributed by atoms with E-state index in [0.29, 0.717) is 11.6 Å². The third-order valence-corrected chi connectivity index (χ3v) is 3.38. The molecule has 0 heterocycles. The summed E-state index contributed by atoms with van der Waals surface area (Å²) in [5.74, 6) is 0.973. The molecule has 3 nitrogen and oxygen atoms in total. The molecule has 0 radical (unpaired) electrons. The van der Waals surface area contributed by atoms with Gasteiger partial charge in [-0.2, -0.15) is 0 Å². The second kappa shape index (κ2) is 7.06. The Morgan fingerprint density at radius 3 is 2.68 bits per heavy atom. The number of rotatable bonds is 4. The minimum Gasteiger partial charge on any atom is -0.444 e. The molecule has 1 aromatic rings. The first-order chi connectivity index (χ1) is 8.81. The highest BCUT2D eigenvalue weighted by Gasteiger charge is 2.16. The molecule has 0 atom stereocenters. The van der Waals surface area contributed by atoms with Gasteiger partial charge in [-0.25, -0.2) is 4.79 Å². The summed E-state index contributed by atoms with van der Waals surface area (Å²) in [6, 6.07) is 5.70. The van der Waals surface area contributed by atoms with E-state index in [1.807, 2.05) is 39.0 Å². The van der Waals surface area contributed by atoms with E-state index >= 15 is 0 Å². The van der Waals surface area contributed by atoms with Crippen molar-refractivity contribution in [2.24, 2.45) is 0 Å². The number of ether oxygens (including phenoxy) is 1. The third-order valence-electron chi connectivity index (χ3n) is 2.14. The van der Waals surface area contributed by atoms with E-state index in [1.165, 1.54) is 0 Å². The maximum atomic E-state index is 11.6. The number of amides is 1. The second-order valence-corrected chi connectivity index (χ2v) is 6.78. The molecule has 0 saturated carbocycles. The number of thioether (sulfide) groups is 1. The van der Waals surface area contributed by atoms with Crippen molar-refractivity contribution in [1.82, 2.24) is 5.32 Å². The number of hydrogen-bond acceptors (Lipinski definition) is 3. The van der Waals surface area contributed by atoms with Crippen molar-refractivity contribution in [2.45, 2.75) is 44.7 Å². The average molecular weight is 302 g/mol. The van der Waals surface area contributed by atoms with Gasteiger partial charge in [0.1, 0.15) is 5.60 Å². The van der Waals surface area contributed by atoms with Crippen LogP contribution in [0, 0.1) is 0 Å². The Hall–Kier alpha value is -0.870. The monoisotopic (exact) mass is 301 g/mol. The number of carbonyl (C=O) groups excluding carboxylic acids is 1. The Morgan fingerprint density at radius 1 is 1.42 bits per heavy atom. The summed E-state index contributed by atoms with van der Waals surface area (Å²) in [5, 5.41) is 3.42. The van der Waals surface area contributed by atoms with E-state index < -0.39 is 11.7 Å². The molecule has 0 aliphatic rings. The third kappa shape index (κ3) is 6.21. The number of hydrogen-bond donors (Lipinski definition) is 1. The first-order valence-corrected chi connectivity index (χ1v) is 7.56. The van der Waals surface area contributed by atoms with Crippen molar-refractivity contribution < 1.29 is 9.53 Å². The van der Waals surface area contributed by atoms with Gasteiger partial charge >= 0.3 is 6.09 Å². The van der Waals surface area contributed by atoms with Crippen LogP contribution < -0.4 is 5.32 Å². The van der Waals surface area contributed by atoms with E-state index in [4.69, 9.17) is 16.3 Å². The molecule has 5 heteroatoms. The number of halogens is 1. The van der Waals surface area contributed by atoms with Gasteiger partial charge in [0.05, 0.1) is 0 Å². The number of nitrogens with one attached hydrogen (secondary N) is 1.